The Kier molecular flexibility index (Phi) is 6.60. The third kappa shape index (κ3) is 4.81. The van der Waals surface area contributed by atoms with E-state index in [-0.39, 0.29) is 0 Å². The Morgan fingerprint density at radius 1 is 0.467 bits per heavy atom. The number of rotatable bonds is 4. The Hall–Kier alpha value is -5.75. The Morgan fingerprint density at radius 3 is 1.87 bits per heavy atom. The van der Waals surface area contributed by atoms with Crippen LogP contribution in [0.25, 0.3) is 77.1 Å². The second-order valence-electron chi connectivity index (χ2n) is 11.2. The normalized spacial score (nSPS) is 11.2. The van der Waals surface area contributed by atoms with E-state index in [0.29, 0.717) is 10.6 Å². The van der Waals surface area contributed by atoms with Gasteiger partial charge in [-0.05, 0) is 79.9 Å². The summed E-state index contributed by atoms with van der Waals surface area (Å²) in [7, 11) is 0. The summed E-state index contributed by atoms with van der Waals surface area (Å²) >= 11 is 6.66. The lowest BCUT2D eigenvalue weighted by Crippen LogP contribution is -1.93. The van der Waals surface area contributed by atoms with Crippen molar-refractivity contribution in [2.75, 3.05) is 0 Å². The minimum Gasteiger partial charge on any atom is -0.248 e. The summed E-state index contributed by atoms with van der Waals surface area (Å²) in [5, 5.41) is 15.6. The minimum absolute atomic E-state index is 0.439. The number of pyridine rings is 1. The number of nitrogens with zero attached hydrogens (tertiary/aromatic N) is 2. The lowest BCUT2D eigenvalue weighted by Gasteiger charge is -2.15. The van der Waals surface area contributed by atoms with Crippen molar-refractivity contribution >= 4 is 44.0 Å². The largest absolute Gasteiger partial charge is 0.248 e. The van der Waals surface area contributed by atoms with Gasteiger partial charge in [-0.3, -0.25) is 0 Å². The molecule has 0 bridgehead atoms. The van der Waals surface area contributed by atoms with Crippen molar-refractivity contribution in [1.82, 2.24) is 4.98 Å². The molecular formula is C42H25ClN2. The predicted octanol–water partition coefficient (Wildman–Crippen LogP) is 11.7. The van der Waals surface area contributed by atoms with Crippen LogP contribution in [0.3, 0.4) is 0 Å². The van der Waals surface area contributed by atoms with Crippen LogP contribution in [-0.2, 0) is 0 Å². The lowest BCUT2D eigenvalue weighted by molar-refractivity contribution is 1.40. The van der Waals surface area contributed by atoms with Crippen LogP contribution < -0.4 is 0 Å². The van der Waals surface area contributed by atoms with E-state index in [4.69, 9.17) is 16.6 Å². The van der Waals surface area contributed by atoms with Crippen LogP contribution in [0.2, 0.25) is 5.02 Å². The molecule has 0 saturated carbocycles. The van der Waals surface area contributed by atoms with Crippen LogP contribution in [0.5, 0.6) is 0 Å². The highest BCUT2D eigenvalue weighted by molar-refractivity contribution is 6.37. The molecule has 0 fully saturated rings. The van der Waals surface area contributed by atoms with Crippen molar-refractivity contribution < 1.29 is 0 Å². The van der Waals surface area contributed by atoms with Gasteiger partial charge in [0.25, 0.3) is 0 Å². The van der Waals surface area contributed by atoms with Gasteiger partial charge in [0, 0.05) is 16.3 Å². The number of nitriles is 1. The predicted molar refractivity (Wildman–Crippen MR) is 188 cm³/mol. The maximum Gasteiger partial charge on any atom is 0.101 e. The zero-order valence-electron chi connectivity index (χ0n) is 24.2. The molecule has 0 N–H and O–H groups in total. The average Bonchev–Trinajstić information content (AvgIpc) is 3.11. The summed E-state index contributed by atoms with van der Waals surface area (Å²) in [6.45, 7) is 0. The molecule has 8 rings (SSSR count). The summed E-state index contributed by atoms with van der Waals surface area (Å²) < 4.78 is 0. The number of aromatic nitrogens is 1. The average molecular weight is 593 g/mol. The van der Waals surface area contributed by atoms with E-state index < -0.39 is 0 Å². The molecule has 0 aliphatic rings. The van der Waals surface area contributed by atoms with E-state index in [1.165, 1.54) is 21.9 Å². The van der Waals surface area contributed by atoms with Gasteiger partial charge in [-0.2, -0.15) is 5.26 Å². The SMILES string of the molecule is N#Cc1cc(-c2cc(-c3ccc4ccccc4c3)c3cc(-c4ccc(-c5ccccc5)cc4)ccc3n2)c2ccccc2c1Cl. The fourth-order valence-corrected chi connectivity index (χ4v) is 6.52. The first-order chi connectivity index (χ1) is 22.2. The zero-order chi connectivity index (χ0) is 30.3. The summed E-state index contributed by atoms with van der Waals surface area (Å²) in [6, 6.07) is 54.9. The number of hydrogen-bond donors (Lipinski definition) is 0. The maximum absolute atomic E-state index is 9.92. The first-order valence-corrected chi connectivity index (χ1v) is 15.3. The molecule has 2 nitrogen and oxygen atoms in total. The molecule has 1 aromatic heterocycles. The lowest BCUT2D eigenvalue weighted by atomic mass is 9.92. The zero-order valence-corrected chi connectivity index (χ0v) is 25.0. The molecule has 0 amide bonds. The third-order valence-corrected chi connectivity index (χ3v) is 8.98. The molecule has 0 unspecified atom stereocenters. The van der Waals surface area contributed by atoms with Gasteiger partial charge in [-0.15, -0.1) is 0 Å². The van der Waals surface area contributed by atoms with E-state index in [1.807, 2.05) is 36.4 Å². The van der Waals surface area contributed by atoms with Crippen molar-refractivity contribution in [3.05, 3.63) is 162 Å². The number of benzene rings is 7. The first kappa shape index (κ1) is 26.8. The maximum atomic E-state index is 9.92. The monoisotopic (exact) mass is 592 g/mol. The molecular weight excluding hydrogens is 568 g/mol. The fourth-order valence-electron chi connectivity index (χ4n) is 6.26. The van der Waals surface area contributed by atoms with Gasteiger partial charge in [-0.1, -0.05) is 133 Å². The molecule has 0 aliphatic carbocycles. The molecule has 0 radical (unpaired) electrons. The highest BCUT2D eigenvalue weighted by atomic mass is 35.5. The summed E-state index contributed by atoms with van der Waals surface area (Å²) in [6.07, 6.45) is 0. The van der Waals surface area contributed by atoms with Crippen LogP contribution in [-0.4, -0.2) is 4.98 Å². The van der Waals surface area contributed by atoms with Gasteiger partial charge < -0.3 is 0 Å². The van der Waals surface area contributed by atoms with Crippen LogP contribution in [0.4, 0.5) is 0 Å². The van der Waals surface area contributed by atoms with Crippen molar-refractivity contribution in [3.8, 4) is 50.7 Å². The summed E-state index contributed by atoms with van der Waals surface area (Å²) in [5.74, 6) is 0. The Labute approximate surface area is 266 Å². The van der Waals surface area contributed by atoms with Gasteiger partial charge in [0.1, 0.15) is 6.07 Å². The Balaban J connectivity index is 1.35. The number of hydrogen-bond acceptors (Lipinski definition) is 2. The van der Waals surface area contributed by atoms with Crippen LogP contribution in [0.1, 0.15) is 5.56 Å². The van der Waals surface area contributed by atoms with E-state index in [1.54, 1.807) is 0 Å². The van der Waals surface area contributed by atoms with Gasteiger partial charge in [-0.25, -0.2) is 4.98 Å². The molecule has 1 heterocycles. The molecule has 0 aliphatic heterocycles. The van der Waals surface area contributed by atoms with Gasteiger partial charge in [0.05, 0.1) is 21.8 Å². The topological polar surface area (TPSA) is 36.7 Å². The quantitative estimate of drug-likeness (QED) is 0.204. The molecule has 0 atom stereocenters. The van der Waals surface area contributed by atoms with E-state index >= 15 is 0 Å². The van der Waals surface area contributed by atoms with Crippen molar-refractivity contribution in [2.45, 2.75) is 0 Å². The van der Waals surface area contributed by atoms with Crippen molar-refractivity contribution in [1.29, 1.82) is 5.26 Å². The summed E-state index contributed by atoms with van der Waals surface area (Å²) in [4.78, 5) is 5.19. The van der Waals surface area contributed by atoms with Gasteiger partial charge >= 0.3 is 0 Å². The number of halogens is 1. The van der Waals surface area contributed by atoms with Crippen molar-refractivity contribution in [3.63, 3.8) is 0 Å². The molecule has 3 heteroatoms. The Bertz CT molecular complexity index is 2440. The first-order valence-electron chi connectivity index (χ1n) is 14.9. The highest BCUT2D eigenvalue weighted by Gasteiger charge is 2.16. The highest BCUT2D eigenvalue weighted by Crippen LogP contribution is 2.40. The second kappa shape index (κ2) is 11.1. The van der Waals surface area contributed by atoms with Crippen LogP contribution in [0, 0.1) is 11.3 Å². The van der Waals surface area contributed by atoms with Crippen LogP contribution >= 0.6 is 11.6 Å². The minimum atomic E-state index is 0.439. The molecule has 45 heavy (non-hydrogen) atoms. The standard InChI is InChI=1S/C42H25ClN2/c43-42-34(26-44)24-38(35-12-6-7-13-36(35)42)41-25-37(33-19-18-28-10-4-5-11-31(28)22-33)39-23-32(20-21-40(39)45-41)30-16-14-29(15-17-30)27-8-2-1-3-9-27/h1-25H. The fraction of sp³-hybridized carbons (Fsp3) is 0. The number of fused-ring (bicyclic) bond motifs is 3. The van der Waals surface area contributed by atoms with Crippen molar-refractivity contribution in [2.24, 2.45) is 0 Å². The van der Waals surface area contributed by atoms with E-state index in [0.717, 1.165) is 55.2 Å². The second-order valence-corrected chi connectivity index (χ2v) is 11.6. The van der Waals surface area contributed by atoms with Gasteiger partial charge in [0.15, 0.2) is 0 Å². The molecule has 0 spiro atoms. The molecule has 7 aromatic carbocycles. The molecule has 8 aromatic rings. The smallest absolute Gasteiger partial charge is 0.101 e. The van der Waals surface area contributed by atoms with Crippen LogP contribution in [0.15, 0.2) is 152 Å². The third-order valence-electron chi connectivity index (χ3n) is 8.57. The van der Waals surface area contributed by atoms with E-state index in [2.05, 4.69) is 121 Å². The molecule has 0 saturated heterocycles. The van der Waals surface area contributed by atoms with Gasteiger partial charge in [0.2, 0.25) is 0 Å². The van der Waals surface area contributed by atoms with E-state index in [9.17, 15) is 5.26 Å². The Morgan fingerprint density at radius 2 is 1.09 bits per heavy atom. The molecule has 210 valence electrons. The summed E-state index contributed by atoms with van der Waals surface area (Å²) in [5.41, 5.74) is 9.87.